The van der Waals surface area contributed by atoms with Crippen LogP contribution in [0.1, 0.15) is 31.4 Å². The van der Waals surface area contributed by atoms with Crippen LogP contribution in [-0.2, 0) is 32.0 Å². The number of rotatable bonds is 10. The summed E-state index contributed by atoms with van der Waals surface area (Å²) in [5, 5.41) is 2.89. The van der Waals surface area contributed by atoms with E-state index >= 15 is 0 Å². The lowest BCUT2D eigenvalue weighted by molar-refractivity contribution is -0.151. The van der Waals surface area contributed by atoms with Crippen molar-refractivity contribution in [3.8, 4) is 17.2 Å². The quantitative estimate of drug-likeness (QED) is 0.375. The number of amides is 2. The van der Waals surface area contributed by atoms with Crippen LogP contribution in [0, 0.1) is 5.92 Å². The lowest BCUT2D eigenvalue weighted by atomic mass is 10.0. The van der Waals surface area contributed by atoms with E-state index in [1.807, 2.05) is 50.2 Å². The molecule has 4 rings (SSSR count). The lowest BCUT2D eigenvalue weighted by Crippen LogP contribution is -2.28. The third kappa shape index (κ3) is 6.14. The maximum atomic E-state index is 12.7. The van der Waals surface area contributed by atoms with Gasteiger partial charge < -0.3 is 24.4 Å². The molecular weight excluding hydrogens is 484 g/mol. The molecule has 8 nitrogen and oxygen atoms in total. The van der Waals surface area contributed by atoms with Crippen molar-refractivity contribution in [1.29, 1.82) is 0 Å². The minimum Gasteiger partial charge on any atom is -0.493 e. The summed E-state index contributed by atoms with van der Waals surface area (Å²) in [5.41, 5.74) is 3.48. The molecule has 0 aliphatic carbocycles. The number of aryl methyl sites for hydroxylation is 2. The number of carbonyl (C=O) groups excluding carboxylic acids is 3. The van der Waals surface area contributed by atoms with Crippen molar-refractivity contribution < 1.29 is 28.6 Å². The Balaban J connectivity index is 1.32. The molecule has 0 radical (unpaired) electrons. The summed E-state index contributed by atoms with van der Waals surface area (Å²) >= 11 is 0. The molecule has 1 saturated heterocycles. The van der Waals surface area contributed by atoms with E-state index in [0.717, 1.165) is 29.7 Å². The Morgan fingerprint density at radius 1 is 0.921 bits per heavy atom. The number of benzene rings is 3. The smallest absolute Gasteiger partial charge is 0.311 e. The zero-order valence-electron chi connectivity index (χ0n) is 21.9. The van der Waals surface area contributed by atoms with E-state index in [0.29, 0.717) is 22.9 Å². The van der Waals surface area contributed by atoms with Crippen LogP contribution in [0.4, 0.5) is 11.4 Å². The number of nitrogens with one attached hydrogen (secondary N) is 1. The van der Waals surface area contributed by atoms with Gasteiger partial charge in [0.05, 0.1) is 13.0 Å². The number of anilines is 2. The zero-order chi connectivity index (χ0) is 27.1. The molecule has 3 aromatic carbocycles. The van der Waals surface area contributed by atoms with Gasteiger partial charge in [-0.2, -0.15) is 0 Å². The molecule has 3 aromatic rings. The Bertz CT molecular complexity index is 1280. The van der Waals surface area contributed by atoms with Crippen LogP contribution < -0.4 is 19.7 Å². The molecule has 38 heavy (non-hydrogen) atoms. The summed E-state index contributed by atoms with van der Waals surface area (Å²) in [5.74, 6) is -0.0130. The van der Waals surface area contributed by atoms with E-state index < -0.39 is 24.4 Å². The molecule has 1 N–H and O–H groups in total. The van der Waals surface area contributed by atoms with Crippen LogP contribution >= 0.6 is 0 Å². The monoisotopic (exact) mass is 516 g/mol. The Morgan fingerprint density at radius 3 is 2.21 bits per heavy atom. The van der Waals surface area contributed by atoms with Gasteiger partial charge in [-0.05, 0) is 60.4 Å². The van der Waals surface area contributed by atoms with Gasteiger partial charge >= 0.3 is 5.97 Å². The van der Waals surface area contributed by atoms with E-state index in [-0.39, 0.29) is 18.9 Å². The van der Waals surface area contributed by atoms with Gasteiger partial charge in [0, 0.05) is 24.3 Å². The highest BCUT2D eigenvalue weighted by atomic mass is 16.5. The van der Waals surface area contributed by atoms with Crippen molar-refractivity contribution in [2.45, 2.75) is 33.1 Å². The molecule has 0 bridgehead atoms. The molecule has 0 saturated carbocycles. The number of esters is 1. The highest BCUT2D eigenvalue weighted by molar-refractivity contribution is 6.00. The van der Waals surface area contributed by atoms with E-state index in [1.165, 1.54) is 0 Å². The fourth-order valence-electron chi connectivity index (χ4n) is 4.47. The first-order valence-electron chi connectivity index (χ1n) is 12.7. The number of methoxy groups -OCH3 is 1. The molecule has 0 unspecified atom stereocenters. The molecule has 1 fully saturated rings. The first kappa shape index (κ1) is 26.7. The Kier molecular flexibility index (Phi) is 8.63. The molecule has 1 aliphatic rings. The zero-order valence-corrected chi connectivity index (χ0v) is 21.9. The Hall–Kier alpha value is -4.33. The fraction of sp³-hybridized carbons (Fsp3) is 0.300. The number of carbonyl (C=O) groups is 3. The molecule has 0 spiro atoms. The van der Waals surface area contributed by atoms with Crippen molar-refractivity contribution in [3.63, 3.8) is 0 Å². The van der Waals surface area contributed by atoms with E-state index in [4.69, 9.17) is 14.2 Å². The third-order valence-electron chi connectivity index (χ3n) is 6.51. The minimum atomic E-state index is -0.645. The van der Waals surface area contributed by atoms with Crippen LogP contribution in [0.15, 0.2) is 66.7 Å². The second kappa shape index (κ2) is 12.3. The average molecular weight is 517 g/mol. The fourth-order valence-corrected chi connectivity index (χ4v) is 4.47. The molecular formula is C30H32N2O6. The van der Waals surface area contributed by atoms with E-state index in [2.05, 4.69) is 5.32 Å². The van der Waals surface area contributed by atoms with Gasteiger partial charge in [0.2, 0.25) is 5.91 Å². The normalized spacial score (nSPS) is 14.8. The maximum absolute atomic E-state index is 12.7. The van der Waals surface area contributed by atoms with Gasteiger partial charge in [0.1, 0.15) is 5.75 Å². The maximum Gasteiger partial charge on any atom is 0.311 e. The van der Waals surface area contributed by atoms with Crippen molar-refractivity contribution in [3.05, 3.63) is 77.9 Å². The molecule has 8 heteroatoms. The average Bonchev–Trinajstić information content (AvgIpc) is 3.34. The molecule has 1 heterocycles. The van der Waals surface area contributed by atoms with Crippen molar-refractivity contribution in [1.82, 2.24) is 0 Å². The van der Waals surface area contributed by atoms with Gasteiger partial charge in [-0.1, -0.05) is 44.2 Å². The van der Waals surface area contributed by atoms with Crippen molar-refractivity contribution in [2.24, 2.45) is 5.92 Å². The molecule has 198 valence electrons. The van der Waals surface area contributed by atoms with Crippen LogP contribution in [-0.4, -0.2) is 38.0 Å². The van der Waals surface area contributed by atoms with E-state index in [1.54, 1.807) is 42.3 Å². The van der Waals surface area contributed by atoms with Gasteiger partial charge in [-0.3, -0.25) is 14.4 Å². The summed E-state index contributed by atoms with van der Waals surface area (Å²) in [7, 11) is 1.58. The number of nitrogens with zero attached hydrogens (tertiary/aromatic N) is 1. The number of para-hydroxylation sites is 3. The molecule has 1 aliphatic heterocycles. The first-order chi connectivity index (χ1) is 18.4. The summed E-state index contributed by atoms with van der Waals surface area (Å²) in [4.78, 5) is 39.4. The largest absolute Gasteiger partial charge is 0.493 e. The van der Waals surface area contributed by atoms with E-state index in [9.17, 15) is 14.4 Å². The standard InChI is InChI=1S/C30H32N2O6/c1-4-20-9-8-10-21(5-2)29(20)31-27(33)19-37-30(35)22-17-28(34)32(18-22)23-13-15-24(16-14-23)38-26-12-7-6-11-25(26)36-3/h6-16,22H,4-5,17-19H2,1-3H3,(H,31,33)/t22-/m0/s1. The summed E-state index contributed by atoms with van der Waals surface area (Å²) in [6.07, 6.45) is 1.58. The van der Waals surface area contributed by atoms with Gasteiger partial charge in [-0.15, -0.1) is 0 Å². The lowest BCUT2D eigenvalue weighted by Gasteiger charge is -2.17. The Morgan fingerprint density at radius 2 is 1.58 bits per heavy atom. The number of ether oxygens (including phenoxy) is 3. The van der Waals surface area contributed by atoms with Gasteiger partial charge in [0.25, 0.3) is 5.91 Å². The van der Waals surface area contributed by atoms with Crippen LogP contribution in [0.3, 0.4) is 0 Å². The number of hydrogen-bond donors (Lipinski definition) is 1. The van der Waals surface area contributed by atoms with Crippen molar-refractivity contribution >= 4 is 29.2 Å². The highest BCUT2D eigenvalue weighted by Crippen LogP contribution is 2.33. The van der Waals surface area contributed by atoms with Crippen LogP contribution in [0.2, 0.25) is 0 Å². The SMILES string of the molecule is CCc1cccc(CC)c1NC(=O)COC(=O)[C@H]1CC(=O)N(c2ccc(Oc3ccccc3OC)cc2)C1. The third-order valence-corrected chi connectivity index (χ3v) is 6.51. The Labute approximate surface area is 222 Å². The van der Waals surface area contributed by atoms with Crippen LogP contribution in [0.25, 0.3) is 0 Å². The molecule has 0 aromatic heterocycles. The summed E-state index contributed by atoms with van der Waals surface area (Å²) < 4.78 is 16.5. The van der Waals surface area contributed by atoms with Gasteiger partial charge in [-0.25, -0.2) is 0 Å². The van der Waals surface area contributed by atoms with Crippen molar-refractivity contribution in [2.75, 3.05) is 30.5 Å². The molecule has 2 amide bonds. The molecule has 1 atom stereocenters. The van der Waals surface area contributed by atoms with Gasteiger partial charge in [0.15, 0.2) is 18.1 Å². The predicted octanol–water partition coefficient (Wildman–Crippen LogP) is 5.15. The summed E-state index contributed by atoms with van der Waals surface area (Å²) in [6.45, 7) is 3.83. The summed E-state index contributed by atoms with van der Waals surface area (Å²) in [6, 6.07) is 20.3. The minimum absolute atomic E-state index is 0.0264. The highest BCUT2D eigenvalue weighted by Gasteiger charge is 2.36. The second-order valence-electron chi connectivity index (χ2n) is 8.97. The van der Waals surface area contributed by atoms with Crippen LogP contribution in [0.5, 0.6) is 17.2 Å². The topological polar surface area (TPSA) is 94.2 Å². The second-order valence-corrected chi connectivity index (χ2v) is 8.97. The first-order valence-corrected chi connectivity index (χ1v) is 12.7. The number of hydrogen-bond acceptors (Lipinski definition) is 6. The predicted molar refractivity (Wildman–Crippen MR) is 145 cm³/mol.